The summed E-state index contributed by atoms with van der Waals surface area (Å²) in [7, 11) is 0. The second-order valence-corrected chi connectivity index (χ2v) is 8.27. The Balaban J connectivity index is 1.25. The van der Waals surface area contributed by atoms with Crippen molar-refractivity contribution in [1.82, 2.24) is 9.80 Å². The van der Waals surface area contributed by atoms with Gasteiger partial charge in [-0.2, -0.15) is 0 Å². The Kier molecular flexibility index (Phi) is 7.77. The van der Waals surface area contributed by atoms with Gasteiger partial charge < -0.3 is 15.0 Å². The molecule has 3 aromatic carbocycles. The van der Waals surface area contributed by atoms with Crippen LogP contribution in [0.15, 0.2) is 84.9 Å². The van der Waals surface area contributed by atoms with E-state index in [0.717, 1.165) is 36.4 Å². The minimum Gasteiger partial charge on any atom is -0.367 e. The van der Waals surface area contributed by atoms with Gasteiger partial charge in [-0.25, -0.2) is 4.79 Å². The van der Waals surface area contributed by atoms with Crippen molar-refractivity contribution >= 4 is 23.3 Å². The summed E-state index contributed by atoms with van der Waals surface area (Å²) in [6.07, 6.45) is -0.0798. The zero-order valence-electron chi connectivity index (χ0n) is 18.0. The number of anilines is 1. The van der Waals surface area contributed by atoms with Crippen molar-refractivity contribution in [3.05, 3.63) is 101 Å². The number of hydrogen-bond acceptors (Lipinski definition) is 3. The molecule has 0 aromatic heterocycles. The largest absolute Gasteiger partial charge is 0.367 e. The summed E-state index contributed by atoms with van der Waals surface area (Å²) in [5.41, 5.74) is 3.06. The molecule has 32 heavy (non-hydrogen) atoms. The number of halogens is 1. The first-order chi connectivity index (χ1) is 15.7. The zero-order valence-corrected chi connectivity index (χ0v) is 18.7. The minimum absolute atomic E-state index is 0.0727. The minimum atomic E-state index is -0.0798. The maximum Gasteiger partial charge on any atom is 0.321 e. The Labute approximate surface area is 194 Å². The van der Waals surface area contributed by atoms with Crippen LogP contribution in [0.2, 0.25) is 5.02 Å². The van der Waals surface area contributed by atoms with E-state index in [1.165, 1.54) is 0 Å². The predicted molar refractivity (Wildman–Crippen MR) is 129 cm³/mol. The van der Waals surface area contributed by atoms with Crippen LogP contribution in [0.5, 0.6) is 0 Å². The molecular formula is C26H28ClN3O2. The Morgan fingerprint density at radius 1 is 0.844 bits per heavy atom. The van der Waals surface area contributed by atoms with E-state index in [9.17, 15) is 4.79 Å². The molecule has 166 valence electrons. The number of urea groups is 1. The number of carbonyl (C=O) groups excluding carboxylic acids is 1. The number of benzene rings is 3. The van der Waals surface area contributed by atoms with Crippen LogP contribution in [0.25, 0.3) is 0 Å². The fraction of sp³-hybridized carbons (Fsp3) is 0.269. The molecule has 0 saturated carbocycles. The van der Waals surface area contributed by atoms with E-state index >= 15 is 0 Å². The number of hydrogen-bond donors (Lipinski definition) is 1. The molecule has 0 unspecified atom stereocenters. The van der Waals surface area contributed by atoms with Gasteiger partial charge in [-0.15, -0.1) is 0 Å². The number of carbonyl (C=O) groups is 1. The standard InChI is InChI=1S/C26H28ClN3O2/c27-23-11-13-24(14-12-23)28-26(31)30-17-15-29(16-18-30)19-20-32-25(21-7-3-1-4-8-21)22-9-5-2-6-10-22/h1-14,25H,15-20H2,(H,28,31). The highest BCUT2D eigenvalue weighted by molar-refractivity contribution is 6.30. The van der Waals surface area contributed by atoms with Crippen molar-refractivity contribution in [2.24, 2.45) is 0 Å². The van der Waals surface area contributed by atoms with E-state index < -0.39 is 0 Å². The third kappa shape index (κ3) is 6.10. The molecule has 0 spiro atoms. The number of piperazine rings is 1. The van der Waals surface area contributed by atoms with Crippen molar-refractivity contribution in [2.45, 2.75) is 6.10 Å². The third-order valence-corrected chi connectivity index (χ3v) is 5.90. The number of amides is 2. The van der Waals surface area contributed by atoms with Gasteiger partial charge in [0.25, 0.3) is 0 Å². The van der Waals surface area contributed by atoms with Crippen LogP contribution in [0.1, 0.15) is 17.2 Å². The van der Waals surface area contributed by atoms with Crippen LogP contribution < -0.4 is 5.32 Å². The van der Waals surface area contributed by atoms with Gasteiger partial charge in [-0.3, -0.25) is 4.90 Å². The first-order valence-electron chi connectivity index (χ1n) is 10.9. The van der Waals surface area contributed by atoms with Gasteiger partial charge >= 0.3 is 6.03 Å². The third-order valence-electron chi connectivity index (χ3n) is 5.65. The summed E-state index contributed by atoms with van der Waals surface area (Å²) in [4.78, 5) is 16.7. The van der Waals surface area contributed by atoms with E-state index in [2.05, 4.69) is 34.5 Å². The van der Waals surface area contributed by atoms with Crippen molar-refractivity contribution in [2.75, 3.05) is 44.6 Å². The molecular weight excluding hydrogens is 422 g/mol. The maximum absolute atomic E-state index is 12.5. The normalized spacial score (nSPS) is 14.5. The fourth-order valence-corrected chi connectivity index (χ4v) is 3.98. The maximum atomic E-state index is 12.5. The van der Waals surface area contributed by atoms with Crippen molar-refractivity contribution in [1.29, 1.82) is 0 Å². The Morgan fingerprint density at radius 2 is 1.41 bits per heavy atom. The van der Waals surface area contributed by atoms with Crippen LogP contribution in [-0.2, 0) is 4.74 Å². The SMILES string of the molecule is O=C(Nc1ccc(Cl)cc1)N1CCN(CCOC(c2ccccc2)c2ccccc2)CC1. The molecule has 0 bridgehead atoms. The van der Waals surface area contributed by atoms with E-state index in [-0.39, 0.29) is 12.1 Å². The molecule has 3 aromatic rings. The smallest absolute Gasteiger partial charge is 0.321 e. The lowest BCUT2D eigenvalue weighted by molar-refractivity contribution is 0.0498. The molecule has 6 heteroatoms. The lowest BCUT2D eigenvalue weighted by Crippen LogP contribution is -2.50. The van der Waals surface area contributed by atoms with Gasteiger partial charge in [0.1, 0.15) is 6.10 Å². The molecule has 1 aliphatic heterocycles. The zero-order chi connectivity index (χ0) is 22.2. The average Bonchev–Trinajstić information content (AvgIpc) is 2.85. The highest BCUT2D eigenvalue weighted by Crippen LogP contribution is 2.25. The van der Waals surface area contributed by atoms with Gasteiger partial charge in [-0.05, 0) is 35.4 Å². The molecule has 5 nitrogen and oxygen atoms in total. The molecule has 0 atom stereocenters. The molecule has 0 radical (unpaired) electrons. The molecule has 0 aliphatic carbocycles. The van der Waals surface area contributed by atoms with Crippen molar-refractivity contribution in [3.8, 4) is 0 Å². The number of nitrogens with zero attached hydrogens (tertiary/aromatic N) is 2. The first-order valence-corrected chi connectivity index (χ1v) is 11.3. The highest BCUT2D eigenvalue weighted by Gasteiger charge is 2.22. The first kappa shape index (κ1) is 22.3. The summed E-state index contributed by atoms with van der Waals surface area (Å²) in [5.74, 6) is 0. The summed E-state index contributed by atoms with van der Waals surface area (Å²) in [5, 5.41) is 3.59. The summed E-state index contributed by atoms with van der Waals surface area (Å²) >= 11 is 5.90. The molecule has 1 saturated heterocycles. The van der Waals surface area contributed by atoms with Gasteiger partial charge in [0.05, 0.1) is 6.61 Å². The van der Waals surface area contributed by atoms with Gasteiger partial charge in [0.2, 0.25) is 0 Å². The van der Waals surface area contributed by atoms with E-state index in [1.807, 2.05) is 53.4 Å². The Bertz CT molecular complexity index is 935. The molecule has 1 heterocycles. The Hall–Kier alpha value is -2.86. The van der Waals surface area contributed by atoms with Crippen LogP contribution >= 0.6 is 11.6 Å². The number of rotatable bonds is 7. The Morgan fingerprint density at radius 3 is 1.97 bits per heavy atom. The quantitative estimate of drug-likeness (QED) is 0.532. The molecule has 4 rings (SSSR count). The fourth-order valence-electron chi connectivity index (χ4n) is 3.85. The van der Waals surface area contributed by atoms with E-state index in [4.69, 9.17) is 16.3 Å². The van der Waals surface area contributed by atoms with Crippen LogP contribution in [0.4, 0.5) is 10.5 Å². The number of ether oxygens (including phenoxy) is 1. The second-order valence-electron chi connectivity index (χ2n) is 7.84. The summed E-state index contributed by atoms with van der Waals surface area (Å²) in [6, 6.07) is 27.7. The molecule has 1 N–H and O–H groups in total. The second kappa shape index (κ2) is 11.1. The monoisotopic (exact) mass is 449 g/mol. The molecule has 2 amide bonds. The van der Waals surface area contributed by atoms with Crippen molar-refractivity contribution in [3.63, 3.8) is 0 Å². The van der Waals surface area contributed by atoms with Gasteiger partial charge in [-0.1, -0.05) is 72.3 Å². The average molecular weight is 450 g/mol. The molecule has 1 aliphatic rings. The van der Waals surface area contributed by atoms with Crippen LogP contribution in [0.3, 0.4) is 0 Å². The lowest BCUT2D eigenvalue weighted by Gasteiger charge is -2.34. The van der Waals surface area contributed by atoms with Crippen LogP contribution in [0, 0.1) is 0 Å². The van der Waals surface area contributed by atoms with Crippen LogP contribution in [-0.4, -0.2) is 55.2 Å². The van der Waals surface area contributed by atoms with Gasteiger partial charge in [0.15, 0.2) is 0 Å². The topological polar surface area (TPSA) is 44.8 Å². The predicted octanol–water partition coefficient (Wildman–Crippen LogP) is 5.30. The highest BCUT2D eigenvalue weighted by atomic mass is 35.5. The lowest BCUT2D eigenvalue weighted by atomic mass is 10.0. The van der Waals surface area contributed by atoms with E-state index in [0.29, 0.717) is 24.7 Å². The molecule has 1 fully saturated rings. The van der Waals surface area contributed by atoms with E-state index in [1.54, 1.807) is 12.1 Å². The van der Waals surface area contributed by atoms with Gasteiger partial charge in [0, 0.05) is 43.4 Å². The summed E-state index contributed by atoms with van der Waals surface area (Å²) in [6.45, 7) is 4.52. The summed E-state index contributed by atoms with van der Waals surface area (Å²) < 4.78 is 6.33. The van der Waals surface area contributed by atoms with Crippen molar-refractivity contribution < 1.29 is 9.53 Å². The number of nitrogens with one attached hydrogen (secondary N) is 1.